The molecular formula is C21H21ClF3N7O3. The SMILES string of the molecule is O=C(NCc1ncnn1C1=CCC(NC(=O)N2CCOCC2)C=N1)c1cc(Cl)cc(C(F)(F)F)c1. The first-order valence-electron chi connectivity index (χ1n) is 10.6. The standard InChI is InChI=1S/C21H21ClF3N7O3/c22-15-8-13(7-14(9-15)21(23,24)25)19(33)27-11-18-28-12-29-32(18)17-2-1-16(10-26-17)30-20(34)31-3-5-35-6-4-31/h2,7-10,12,16H,1,3-6,11H2,(H,27,33)(H,30,34). The van der Waals surface area contributed by atoms with E-state index in [4.69, 9.17) is 16.3 Å². The molecule has 1 atom stereocenters. The summed E-state index contributed by atoms with van der Waals surface area (Å²) in [4.78, 5) is 34.9. The number of aliphatic imine (C=N–C) groups is 1. The zero-order valence-corrected chi connectivity index (χ0v) is 19.0. The van der Waals surface area contributed by atoms with Crippen LogP contribution in [0.4, 0.5) is 18.0 Å². The minimum absolute atomic E-state index is 0.114. The number of urea groups is 1. The van der Waals surface area contributed by atoms with Crippen LogP contribution in [-0.2, 0) is 17.5 Å². The second-order valence-electron chi connectivity index (χ2n) is 7.73. The third kappa shape index (κ3) is 6.17. The predicted octanol–water partition coefficient (Wildman–Crippen LogP) is 2.56. The van der Waals surface area contributed by atoms with E-state index in [9.17, 15) is 22.8 Å². The number of alkyl halides is 3. The van der Waals surface area contributed by atoms with Crippen LogP contribution >= 0.6 is 11.6 Å². The topological polar surface area (TPSA) is 114 Å². The Balaban J connectivity index is 1.36. The van der Waals surface area contributed by atoms with E-state index in [1.807, 2.05) is 0 Å². The van der Waals surface area contributed by atoms with Gasteiger partial charge in [-0.05, 0) is 30.7 Å². The molecule has 0 saturated carbocycles. The lowest BCUT2D eigenvalue weighted by Crippen LogP contribution is -2.49. The number of ether oxygens (including phenoxy) is 1. The molecule has 35 heavy (non-hydrogen) atoms. The highest BCUT2D eigenvalue weighted by atomic mass is 35.5. The Labute approximate surface area is 202 Å². The van der Waals surface area contributed by atoms with Crippen molar-refractivity contribution in [2.45, 2.75) is 25.2 Å². The van der Waals surface area contributed by atoms with E-state index in [2.05, 4.69) is 25.7 Å². The minimum atomic E-state index is -4.63. The van der Waals surface area contributed by atoms with Crippen LogP contribution in [0, 0.1) is 0 Å². The monoisotopic (exact) mass is 511 g/mol. The average Bonchev–Trinajstić information content (AvgIpc) is 3.31. The van der Waals surface area contributed by atoms with Crippen LogP contribution in [0.1, 0.15) is 28.2 Å². The largest absolute Gasteiger partial charge is 0.416 e. The van der Waals surface area contributed by atoms with Crippen molar-refractivity contribution in [1.29, 1.82) is 0 Å². The fourth-order valence-electron chi connectivity index (χ4n) is 3.49. The van der Waals surface area contributed by atoms with E-state index in [1.165, 1.54) is 11.0 Å². The van der Waals surface area contributed by atoms with Crippen LogP contribution in [0.25, 0.3) is 5.82 Å². The first kappa shape index (κ1) is 24.7. The number of nitrogens with zero attached hydrogens (tertiary/aromatic N) is 5. The normalized spacial score (nSPS) is 18.2. The Hall–Kier alpha value is -3.45. The summed E-state index contributed by atoms with van der Waals surface area (Å²) in [7, 11) is 0. The second-order valence-corrected chi connectivity index (χ2v) is 8.17. The minimum Gasteiger partial charge on any atom is -0.378 e. The number of carbonyl (C=O) groups is 2. The number of hydrogen-bond acceptors (Lipinski definition) is 6. The van der Waals surface area contributed by atoms with Crippen molar-refractivity contribution in [2.75, 3.05) is 26.3 Å². The van der Waals surface area contributed by atoms with Crippen LogP contribution in [0.2, 0.25) is 5.02 Å². The van der Waals surface area contributed by atoms with Crippen LogP contribution in [0.3, 0.4) is 0 Å². The molecule has 0 bridgehead atoms. The summed E-state index contributed by atoms with van der Waals surface area (Å²) in [6.45, 7) is 1.94. The molecule has 14 heteroatoms. The number of amides is 3. The highest BCUT2D eigenvalue weighted by Crippen LogP contribution is 2.32. The summed E-state index contributed by atoms with van der Waals surface area (Å²) >= 11 is 5.75. The van der Waals surface area contributed by atoms with Gasteiger partial charge in [-0.15, -0.1) is 0 Å². The van der Waals surface area contributed by atoms with Gasteiger partial charge in [-0.2, -0.15) is 23.0 Å². The molecule has 4 rings (SSSR count). The van der Waals surface area contributed by atoms with Gasteiger partial charge < -0.3 is 20.3 Å². The molecule has 1 fully saturated rings. The van der Waals surface area contributed by atoms with Gasteiger partial charge in [0.2, 0.25) is 0 Å². The molecule has 3 heterocycles. The average molecular weight is 512 g/mol. The molecule has 1 saturated heterocycles. The van der Waals surface area contributed by atoms with Gasteiger partial charge in [-0.25, -0.2) is 14.8 Å². The first-order valence-corrected chi connectivity index (χ1v) is 11.0. The molecule has 1 aromatic heterocycles. The van der Waals surface area contributed by atoms with Crippen molar-refractivity contribution in [1.82, 2.24) is 30.3 Å². The molecule has 1 unspecified atom stereocenters. The van der Waals surface area contributed by atoms with Gasteiger partial charge >= 0.3 is 12.2 Å². The number of rotatable bonds is 5. The van der Waals surface area contributed by atoms with Crippen LogP contribution < -0.4 is 10.6 Å². The van der Waals surface area contributed by atoms with Crippen LogP contribution in [-0.4, -0.2) is 70.2 Å². The van der Waals surface area contributed by atoms with Gasteiger partial charge in [0.1, 0.15) is 6.33 Å². The molecule has 2 N–H and O–H groups in total. The molecule has 0 spiro atoms. The van der Waals surface area contributed by atoms with E-state index >= 15 is 0 Å². The van der Waals surface area contributed by atoms with E-state index in [1.54, 1.807) is 17.2 Å². The lowest BCUT2D eigenvalue weighted by atomic mass is 10.1. The summed E-state index contributed by atoms with van der Waals surface area (Å²) in [6, 6.07) is 2.13. The van der Waals surface area contributed by atoms with Crippen molar-refractivity contribution in [2.24, 2.45) is 4.99 Å². The Morgan fingerprint density at radius 1 is 1.20 bits per heavy atom. The Morgan fingerprint density at radius 3 is 2.66 bits per heavy atom. The van der Waals surface area contributed by atoms with Gasteiger partial charge in [0.25, 0.3) is 5.91 Å². The number of benzene rings is 1. The fraction of sp³-hybridized carbons (Fsp3) is 0.381. The molecule has 2 aliphatic heterocycles. The van der Waals surface area contributed by atoms with E-state index in [-0.39, 0.29) is 29.2 Å². The molecule has 2 aromatic rings. The highest BCUT2D eigenvalue weighted by Gasteiger charge is 2.31. The molecule has 0 aliphatic carbocycles. The number of hydrogen-bond donors (Lipinski definition) is 2. The Morgan fingerprint density at radius 2 is 1.97 bits per heavy atom. The van der Waals surface area contributed by atoms with Gasteiger partial charge in [0.05, 0.1) is 31.4 Å². The zero-order chi connectivity index (χ0) is 25.0. The lowest BCUT2D eigenvalue weighted by molar-refractivity contribution is -0.137. The summed E-state index contributed by atoms with van der Waals surface area (Å²) in [5, 5.41) is 9.31. The molecule has 1 aromatic carbocycles. The third-order valence-electron chi connectivity index (χ3n) is 5.28. The van der Waals surface area contributed by atoms with E-state index in [0.717, 1.165) is 18.2 Å². The van der Waals surface area contributed by atoms with Crippen molar-refractivity contribution < 1.29 is 27.5 Å². The van der Waals surface area contributed by atoms with Crippen molar-refractivity contribution in [3.63, 3.8) is 0 Å². The molecule has 186 valence electrons. The van der Waals surface area contributed by atoms with Crippen molar-refractivity contribution in [3.05, 3.63) is 52.6 Å². The molecule has 2 aliphatic rings. The number of halogens is 4. The first-order chi connectivity index (χ1) is 16.7. The Kier molecular flexibility index (Phi) is 7.36. The molecule has 0 radical (unpaired) electrons. The summed E-state index contributed by atoms with van der Waals surface area (Å²) < 4.78 is 45.7. The van der Waals surface area contributed by atoms with Gasteiger partial charge in [0, 0.05) is 29.9 Å². The van der Waals surface area contributed by atoms with Gasteiger partial charge in [-0.3, -0.25) is 4.79 Å². The maximum absolute atomic E-state index is 13.0. The van der Waals surface area contributed by atoms with E-state index in [0.29, 0.717) is 44.4 Å². The predicted molar refractivity (Wildman–Crippen MR) is 120 cm³/mol. The van der Waals surface area contributed by atoms with Crippen LogP contribution in [0.5, 0.6) is 0 Å². The lowest BCUT2D eigenvalue weighted by Gasteiger charge is -2.28. The summed E-state index contributed by atoms with van der Waals surface area (Å²) in [5.74, 6) is 0.000855. The number of carbonyl (C=O) groups excluding carboxylic acids is 2. The molecule has 3 amide bonds. The maximum atomic E-state index is 13.0. The van der Waals surface area contributed by atoms with Gasteiger partial charge in [0.15, 0.2) is 11.6 Å². The number of aromatic nitrogens is 3. The van der Waals surface area contributed by atoms with Crippen molar-refractivity contribution in [3.8, 4) is 0 Å². The number of morpholine rings is 1. The van der Waals surface area contributed by atoms with Crippen LogP contribution in [0.15, 0.2) is 35.6 Å². The zero-order valence-electron chi connectivity index (χ0n) is 18.3. The molecule has 10 nitrogen and oxygen atoms in total. The smallest absolute Gasteiger partial charge is 0.378 e. The second kappa shape index (κ2) is 10.4. The maximum Gasteiger partial charge on any atom is 0.416 e. The molecular weight excluding hydrogens is 491 g/mol. The highest BCUT2D eigenvalue weighted by molar-refractivity contribution is 6.31. The van der Waals surface area contributed by atoms with E-state index < -0.39 is 17.6 Å². The summed E-state index contributed by atoms with van der Waals surface area (Å²) in [6.07, 6.45) is 0.443. The van der Waals surface area contributed by atoms with Crippen molar-refractivity contribution >= 4 is 35.6 Å². The van der Waals surface area contributed by atoms with Gasteiger partial charge in [-0.1, -0.05) is 11.6 Å². The Bertz CT molecular complexity index is 1160. The number of nitrogens with one attached hydrogen (secondary N) is 2. The summed E-state index contributed by atoms with van der Waals surface area (Å²) in [5.41, 5.74) is -1.25. The quantitative estimate of drug-likeness (QED) is 0.640. The fourth-order valence-corrected chi connectivity index (χ4v) is 3.72. The third-order valence-corrected chi connectivity index (χ3v) is 5.50.